The summed E-state index contributed by atoms with van der Waals surface area (Å²) in [7, 11) is -25.9. The summed E-state index contributed by atoms with van der Waals surface area (Å²) in [6, 6.07) is 33.7. The third-order valence-electron chi connectivity index (χ3n) is 4.88. The van der Waals surface area contributed by atoms with Crippen molar-refractivity contribution >= 4 is 52.2 Å². The second-order valence-electron chi connectivity index (χ2n) is 8.16. The summed E-state index contributed by atoms with van der Waals surface area (Å²) < 4.78 is 156. The van der Waals surface area contributed by atoms with Crippen LogP contribution in [0.3, 0.4) is 0 Å². The zero-order chi connectivity index (χ0) is 32.8. The maximum atomic E-state index is 9.75. The molecule has 1 aliphatic carbocycles. The average Bonchev–Trinajstić information content (AvgIpc) is 3.63. The molecular weight excluding hydrogens is 630 g/mol. The van der Waals surface area contributed by atoms with Gasteiger partial charge in [-0.15, -0.1) is 0 Å². The van der Waals surface area contributed by atoms with Crippen molar-refractivity contribution in [2.45, 2.75) is 18.5 Å². The third kappa shape index (κ3) is 21.0. The predicted molar refractivity (Wildman–Crippen MR) is 140 cm³/mol. The van der Waals surface area contributed by atoms with E-state index in [0.717, 1.165) is 5.66 Å². The summed E-state index contributed by atoms with van der Waals surface area (Å²) in [6.07, 6.45) is 2.73. The predicted octanol–water partition coefficient (Wildman–Crippen LogP) is 9.08. The van der Waals surface area contributed by atoms with E-state index in [1.807, 2.05) is 0 Å². The summed E-state index contributed by atoms with van der Waals surface area (Å²) in [4.78, 5) is 0. The van der Waals surface area contributed by atoms with E-state index in [0.29, 0.717) is 0 Å². The van der Waals surface area contributed by atoms with Gasteiger partial charge in [-0.25, -0.2) is 0 Å². The Morgan fingerprint density at radius 2 is 0.524 bits per heavy atom. The average molecular weight is 652 g/mol. The summed E-state index contributed by atoms with van der Waals surface area (Å²) in [6.45, 7) is 0. The van der Waals surface area contributed by atoms with Crippen molar-refractivity contribution in [1.29, 1.82) is 0 Å². The second kappa shape index (κ2) is 16.8. The summed E-state index contributed by atoms with van der Waals surface area (Å²) in [5.74, 6) is 0. The van der Waals surface area contributed by atoms with Crippen molar-refractivity contribution in [2.75, 3.05) is 0 Å². The minimum atomic E-state index is -6.00. The van der Waals surface area contributed by atoms with Crippen LogP contribution in [0.1, 0.15) is 12.8 Å². The SMILES string of the molecule is F[B-](F)(F)F.F[B-](F)(F)F.F[B-](F)(F)F.F[B-](F)(F)F.c1ccc([PH](c2ccccc2)(c2ccccc2)C2CC2)cc1. The van der Waals surface area contributed by atoms with Gasteiger partial charge in [0.25, 0.3) is 0 Å². The molecule has 0 saturated heterocycles. The molecular formula is C21H21B4F16P-4. The van der Waals surface area contributed by atoms with Crippen molar-refractivity contribution in [2.24, 2.45) is 0 Å². The van der Waals surface area contributed by atoms with Crippen LogP contribution in [0.4, 0.5) is 69.1 Å². The molecule has 0 nitrogen and oxygen atoms in total. The molecule has 0 heterocycles. The Bertz CT molecular complexity index is 952. The fraction of sp³-hybridized carbons (Fsp3) is 0.143. The number of halogens is 16. The van der Waals surface area contributed by atoms with Gasteiger partial charge in [0.05, 0.1) is 0 Å². The van der Waals surface area contributed by atoms with E-state index in [4.69, 9.17) is 0 Å². The van der Waals surface area contributed by atoms with Gasteiger partial charge in [0.15, 0.2) is 0 Å². The molecule has 1 fully saturated rings. The van der Waals surface area contributed by atoms with Crippen LogP contribution >= 0.6 is 7.26 Å². The normalized spacial score (nSPS) is 13.8. The standard InChI is InChI=1S/C21H21P.4BF4/c1-4-10-18(11-5-1)22(21-16-17-21,19-12-6-2-7-13-19)20-14-8-3-9-15-20;4*2-1(3,4)5/h1-15,21-22H,16-17H2;;;;/q;4*-1. The van der Waals surface area contributed by atoms with Crippen LogP contribution in [0.2, 0.25) is 0 Å². The summed E-state index contributed by atoms with van der Waals surface area (Å²) in [5, 5.41) is 4.65. The molecule has 1 aliphatic rings. The molecule has 42 heavy (non-hydrogen) atoms. The Morgan fingerprint density at radius 3 is 0.667 bits per heavy atom. The summed E-state index contributed by atoms with van der Waals surface area (Å²) >= 11 is 0. The van der Waals surface area contributed by atoms with Gasteiger partial charge in [-0.3, -0.25) is 0 Å². The van der Waals surface area contributed by atoms with E-state index in [2.05, 4.69) is 91.0 Å². The Balaban J connectivity index is 0.000000690. The molecule has 0 atom stereocenters. The number of hydrogen-bond donors (Lipinski definition) is 0. The van der Waals surface area contributed by atoms with Crippen molar-refractivity contribution in [1.82, 2.24) is 0 Å². The molecule has 0 aromatic heterocycles. The first kappa shape index (κ1) is 39.2. The zero-order valence-electron chi connectivity index (χ0n) is 21.0. The molecule has 4 rings (SSSR count). The Labute approximate surface area is 231 Å². The van der Waals surface area contributed by atoms with Crippen LogP contribution in [-0.4, -0.2) is 34.7 Å². The van der Waals surface area contributed by atoms with Crippen LogP contribution in [0.25, 0.3) is 0 Å². The molecule has 0 unspecified atom stereocenters. The van der Waals surface area contributed by atoms with Gasteiger partial charge in [-0.2, -0.15) is 0 Å². The van der Waals surface area contributed by atoms with Crippen LogP contribution in [-0.2, 0) is 0 Å². The summed E-state index contributed by atoms with van der Waals surface area (Å²) in [5.41, 5.74) is 0.833. The van der Waals surface area contributed by atoms with Crippen molar-refractivity contribution in [3.8, 4) is 0 Å². The van der Waals surface area contributed by atoms with Crippen LogP contribution in [0.5, 0.6) is 0 Å². The second-order valence-corrected chi connectivity index (χ2v) is 12.3. The minimum absolute atomic E-state index is 0.833. The van der Waals surface area contributed by atoms with Crippen LogP contribution in [0, 0.1) is 0 Å². The molecule has 3 aromatic carbocycles. The van der Waals surface area contributed by atoms with Gasteiger partial charge in [0.1, 0.15) is 0 Å². The number of benzene rings is 3. The molecule has 0 radical (unpaired) electrons. The Hall–Kier alpha value is -2.77. The topological polar surface area (TPSA) is 0 Å². The van der Waals surface area contributed by atoms with Crippen molar-refractivity contribution in [3.63, 3.8) is 0 Å². The van der Waals surface area contributed by atoms with E-state index >= 15 is 0 Å². The molecule has 21 heteroatoms. The molecule has 0 amide bonds. The van der Waals surface area contributed by atoms with Gasteiger partial charge in [-0.05, 0) is 0 Å². The van der Waals surface area contributed by atoms with E-state index in [1.54, 1.807) is 15.9 Å². The number of rotatable bonds is 4. The molecule has 238 valence electrons. The fourth-order valence-electron chi connectivity index (χ4n) is 3.83. The van der Waals surface area contributed by atoms with Crippen molar-refractivity contribution < 1.29 is 69.1 Å². The first-order valence-corrected chi connectivity index (χ1v) is 13.7. The molecule has 0 spiro atoms. The number of hydrogen-bond acceptors (Lipinski definition) is 0. The first-order valence-electron chi connectivity index (χ1n) is 11.6. The van der Waals surface area contributed by atoms with Gasteiger partial charge < -0.3 is 69.1 Å². The Kier molecular flexibility index (Phi) is 15.7. The monoisotopic (exact) mass is 652 g/mol. The van der Waals surface area contributed by atoms with Gasteiger partial charge in [-0.1, -0.05) is 0 Å². The molecule has 1 saturated carbocycles. The van der Waals surface area contributed by atoms with E-state index < -0.39 is 36.3 Å². The molecule has 0 aliphatic heterocycles. The van der Waals surface area contributed by atoms with Gasteiger partial charge >= 0.3 is 162 Å². The first-order chi connectivity index (χ1) is 18.9. The van der Waals surface area contributed by atoms with Gasteiger partial charge in [0, 0.05) is 0 Å². The molecule has 0 N–H and O–H groups in total. The zero-order valence-corrected chi connectivity index (χ0v) is 22.0. The third-order valence-corrected chi connectivity index (χ3v) is 10.4. The van der Waals surface area contributed by atoms with E-state index in [-0.39, 0.29) is 0 Å². The van der Waals surface area contributed by atoms with E-state index in [9.17, 15) is 69.1 Å². The van der Waals surface area contributed by atoms with Crippen LogP contribution < -0.4 is 15.9 Å². The fourth-order valence-corrected chi connectivity index (χ4v) is 9.43. The van der Waals surface area contributed by atoms with Crippen molar-refractivity contribution in [3.05, 3.63) is 91.0 Å². The maximum absolute atomic E-state index is 9.75. The van der Waals surface area contributed by atoms with E-state index in [1.165, 1.54) is 12.8 Å². The quantitative estimate of drug-likeness (QED) is 0.150. The molecule has 3 aromatic rings. The Morgan fingerprint density at radius 1 is 0.357 bits per heavy atom. The van der Waals surface area contributed by atoms with Crippen LogP contribution in [0.15, 0.2) is 91.0 Å². The van der Waals surface area contributed by atoms with Gasteiger partial charge in [0.2, 0.25) is 0 Å². The molecule has 0 bridgehead atoms.